The molecule has 4 N–H and O–H groups in total. The van der Waals surface area contributed by atoms with Crippen molar-refractivity contribution < 1.29 is 14.3 Å². The normalized spacial score (nSPS) is 10.6. The minimum absolute atomic E-state index is 0.412. The van der Waals surface area contributed by atoms with Gasteiger partial charge in [-0.25, -0.2) is 4.79 Å². The van der Waals surface area contributed by atoms with E-state index in [1.54, 1.807) is 12.1 Å². The van der Waals surface area contributed by atoms with Gasteiger partial charge in [0.15, 0.2) is 0 Å². The minimum Gasteiger partial charge on any atom is -0.377 e. The lowest BCUT2D eigenvalue weighted by Gasteiger charge is -2.22. The number of benzene rings is 3. The summed E-state index contributed by atoms with van der Waals surface area (Å²) in [5, 5.41) is 0. The summed E-state index contributed by atoms with van der Waals surface area (Å²) < 4.78 is 5.72. The molecule has 0 aliphatic rings. The van der Waals surface area contributed by atoms with Crippen LogP contribution in [0, 0.1) is 0 Å². The number of carbonyl (C=O) groups is 2. The van der Waals surface area contributed by atoms with E-state index in [4.69, 9.17) is 16.2 Å². The van der Waals surface area contributed by atoms with Gasteiger partial charge >= 0.3 is 6.03 Å². The lowest BCUT2D eigenvalue weighted by atomic mass is 10.00. The number of rotatable bonds is 8. The number of amides is 3. The maximum atomic E-state index is 12.3. The number of nitrogens with zero attached hydrogens (tertiary/aromatic N) is 1. The summed E-state index contributed by atoms with van der Waals surface area (Å²) in [7, 11) is 0. The van der Waals surface area contributed by atoms with Crippen LogP contribution in [-0.2, 0) is 11.3 Å². The van der Waals surface area contributed by atoms with Crippen LogP contribution in [0.1, 0.15) is 29.3 Å². The number of urea groups is 1. The molecule has 0 heterocycles. The largest absolute Gasteiger partial charge is 0.377 e. The van der Waals surface area contributed by atoms with E-state index < -0.39 is 11.9 Å². The third-order valence-corrected chi connectivity index (χ3v) is 4.59. The highest BCUT2D eigenvalue weighted by Crippen LogP contribution is 2.31. The predicted molar refractivity (Wildman–Crippen MR) is 119 cm³/mol. The van der Waals surface area contributed by atoms with Crippen LogP contribution >= 0.6 is 0 Å². The lowest BCUT2D eigenvalue weighted by Crippen LogP contribution is -2.31. The molecule has 6 nitrogen and oxygen atoms in total. The number of ether oxygens (including phenoxy) is 1. The summed E-state index contributed by atoms with van der Waals surface area (Å²) in [6, 6.07) is 21.5. The van der Waals surface area contributed by atoms with Gasteiger partial charge in [-0.15, -0.1) is 0 Å². The molecule has 0 aliphatic carbocycles. The van der Waals surface area contributed by atoms with Crippen LogP contribution in [0.2, 0.25) is 0 Å². The van der Waals surface area contributed by atoms with Gasteiger partial charge in [0.05, 0.1) is 18.0 Å². The molecule has 0 spiro atoms. The third kappa shape index (κ3) is 5.04. The number of nitrogens with two attached hydrogens (primary N) is 2. The second-order valence-electron chi connectivity index (χ2n) is 6.89. The maximum absolute atomic E-state index is 12.3. The number of anilines is 2. The average Bonchev–Trinajstić information content (AvgIpc) is 2.74. The fraction of sp³-hybridized carbons (Fsp3) is 0.167. The molecular formula is C24H25N3O3. The van der Waals surface area contributed by atoms with Crippen LogP contribution in [0.25, 0.3) is 11.1 Å². The summed E-state index contributed by atoms with van der Waals surface area (Å²) in [4.78, 5) is 25.1. The highest BCUT2D eigenvalue weighted by Gasteiger charge is 2.17. The van der Waals surface area contributed by atoms with Crippen LogP contribution < -0.4 is 16.4 Å². The van der Waals surface area contributed by atoms with Crippen molar-refractivity contribution in [2.75, 3.05) is 11.5 Å². The topological polar surface area (TPSA) is 98.7 Å². The van der Waals surface area contributed by atoms with Gasteiger partial charge in [0.2, 0.25) is 5.91 Å². The van der Waals surface area contributed by atoms with E-state index in [-0.39, 0.29) is 0 Å². The molecule has 3 aromatic rings. The monoisotopic (exact) mass is 403 g/mol. The molecule has 154 valence electrons. The molecular weight excluding hydrogens is 378 g/mol. The van der Waals surface area contributed by atoms with Crippen LogP contribution in [-0.4, -0.2) is 18.5 Å². The van der Waals surface area contributed by atoms with E-state index in [0.717, 1.165) is 23.1 Å². The van der Waals surface area contributed by atoms with Gasteiger partial charge in [-0.2, -0.15) is 0 Å². The summed E-state index contributed by atoms with van der Waals surface area (Å²) in [6.45, 7) is 3.10. The van der Waals surface area contributed by atoms with Crippen molar-refractivity contribution in [1.82, 2.24) is 0 Å². The van der Waals surface area contributed by atoms with E-state index in [0.29, 0.717) is 30.2 Å². The summed E-state index contributed by atoms with van der Waals surface area (Å²) in [5.74, 6) is -0.479. The Hall–Kier alpha value is -3.64. The maximum Gasteiger partial charge on any atom is 0.323 e. The van der Waals surface area contributed by atoms with Gasteiger partial charge in [-0.05, 0) is 65.6 Å². The SMILES string of the molecule is CCCOCc1cc(-c2ccc(C(N)=O)cc2)cc(N(C(N)=O)c2ccccc2)c1. The molecule has 0 unspecified atom stereocenters. The van der Waals surface area contributed by atoms with Crippen molar-refractivity contribution in [1.29, 1.82) is 0 Å². The average molecular weight is 403 g/mol. The zero-order valence-electron chi connectivity index (χ0n) is 16.9. The van der Waals surface area contributed by atoms with Crippen LogP contribution in [0.5, 0.6) is 0 Å². The minimum atomic E-state index is -0.581. The van der Waals surface area contributed by atoms with Crippen LogP contribution in [0.15, 0.2) is 72.8 Å². The Morgan fingerprint density at radius 2 is 1.57 bits per heavy atom. The molecule has 3 aromatic carbocycles. The summed E-state index contributed by atoms with van der Waals surface area (Å²) in [6.07, 6.45) is 0.915. The Balaban J connectivity index is 2.07. The first-order valence-corrected chi connectivity index (χ1v) is 9.76. The molecule has 3 rings (SSSR count). The Morgan fingerprint density at radius 3 is 2.17 bits per heavy atom. The van der Waals surface area contributed by atoms with E-state index in [1.165, 1.54) is 4.90 Å². The van der Waals surface area contributed by atoms with Crippen molar-refractivity contribution in [2.45, 2.75) is 20.0 Å². The molecule has 0 aromatic heterocycles. The molecule has 3 amide bonds. The standard InChI is InChI=1S/C24H25N3O3/c1-2-12-30-16-17-13-20(18-8-10-19(11-9-18)23(25)28)15-22(14-17)27(24(26)29)21-6-4-3-5-7-21/h3-11,13-15H,2,12,16H2,1H3,(H2,25,28)(H2,26,29). The summed E-state index contributed by atoms with van der Waals surface area (Å²) in [5.41, 5.74) is 15.5. The number of carbonyl (C=O) groups excluding carboxylic acids is 2. The molecule has 0 saturated heterocycles. The Kier molecular flexibility index (Phi) is 6.83. The molecule has 30 heavy (non-hydrogen) atoms. The van der Waals surface area contributed by atoms with Gasteiger partial charge in [0.1, 0.15) is 0 Å². The van der Waals surface area contributed by atoms with Gasteiger partial charge in [0, 0.05) is 12.2 Å². The van der Waals surface area contributed by atoms with Crippen molar-refractivity contribution in [3.8, 4) is 11.1 Å². The van der Waals surface area contributed by atoms with Crippen molar-refractivity contribution in [3.63, 3.8) is 0 Å². The van der Waals surface area contributed by atoms with Crippen LogP contribution in [0.3, 0.4) is 0 Å². The van der Waals surface area contributed by atoms with Crippen LogP contribution in [0.4, 0.5) is 16.2 Å². The molecule has 0 atom stereocenters. The van der Waals surface area contributed by atoms with Crippen molar-refractivity contribution >= 4 is 23.3 Å². The smallest absolute Gasteiger partial charge is 0.323 e. The fourth-order valence-corrected chi connectivity index (χ4v) is 3.20. The van der Waals surface area contributed by atoms with Crippen molar-refractivity contribution in [3.05, 3.63) is 83.9 Å². The number of hydrogen-bond donors (Lipinski definition) is 2. The zero-order chi connectivity index (χ0) is 21.5. The Bertz CT molecular complexity index is 1020. The number of hydrogen-bond acceptors (Lipinski definition) is 3. The number of para-hydroxylation sites is 1. The third-order valence-electron chi connectivity index (χ3n) is 4.59. The van der Waals surface area contributed by atoms with Gasteiger partial charge in [0.25, 0.3) is 0 Å². The highest BCUT2D eigenvalue weighted by atomic mass is 16.5. The molecule has 0 fully saturated rings. The van der Waals surface area contributed by atoms with Gasteiger partial charge < -0.3 is 16.2 Å². The molecule has 0 radical (unpaired) electrons. The number of primary amides is 2. The van der Waals surface area contributed by atoms with Crippen molar-refractivity contribution in [2.24, 2.45) is 11.5 Å². The first-order valence-electron chi connectivity index (χ1n) is 9.76. The zero-order valence-corrected chi connectivity index (χ0v) is 16.9. The second kappa shape index (κ2) is 9.71. The van der Waals surface area contributed by atoms with E-state index in [1.807, 2.05) is 67.6 Å². The Morgan fingerprint density at radius 1 is 0.867 bits per heavy atom. The van der Waals surface area contributed by atoms with E-state index >= 15 is 0 Å². The van der Waals surface area contributed by atoms with Gasteiger partial charge in [-0.3, -0.25) is 9.69 Å². The first-order chi connectivity index (χ1) is 14.5. The quantitative estimate of drug-likeness (QED) is 0.538. The lowest BCUT2D eigenvalue weighted by molar-refractivity contribution is 0.1000. The first kappa shape index (κ1) is 21.1. The van der Waals surface area contributed by atoms with E-state index in [2.05, 4.69) is 0 Å². The fourth-order valence-electron chi connectivity index (χ4n) is 3.20. The Labute approximate surface area is 176 Å². The summed E-state index contributed by atoms with van der Waals surface area (Å²) >= 11 is 0. The molecule has 0 saturated carbocycles. The highest BCUT2D eigenvalue weighted by molar-refractivity contribution is 5.99. The molecule has 6 heteroatoms. The molecule has 0 aliphatic heterocycles. The second-order valence-corrected chi connectivity index (χ2v) is 6.89. The molecule has 0 bridgehead atoms. The van der Waals surface area contributed by atoms with Gasteiger partial charge in [-0.1, -0.05) is 37.3 Å². The van der Waals surface area contributed by atoms with E-state index in [9.17, 15) is 9.59 Å². The predicted octanol–water partition coefficient (Wildman–Crippen LogP) is 4.60.